The van der Waals surface area contributed by atoms with Gasteiger partial charge < -0.3 is 4.72 Å². The van der Waals surface area contributed by atoms with E-state index in [1.165, 1.54) is 12.1 Å². The summed E-state index contributed by atoms with van der Waals surface area (Å²) in [6, 6.07) is 15.5. The lowest BCUT2D eigenvalue weighted by Crippen LogP contribution is -2.06. The minimum absolute atomic E-state index is 0.341. The maximum absolute atomic E-state index is 12.9. The third-order valence-electron chi connectivity index (χ3n) is 2.20. The Hall–Kier alpha value is -1.68. The first-order valence-electron chi connectivity index (χ1n) is 5.18. The maximum atomic E-state index is 12.9. The molecule has 1 atom stereocenters. The molecule has 0 radical (unpaired) electrons. The maximum Gasteiger partial charge on any atom is 0.125 e. The molecular weight excluding hydrogens is 237 g/mol. The molecule has 0 fully saturated rings. The highest BCUT2D eigenvalue weighted by Gasteiger charge is 2.02. The summed E-state index contributed by atoms with van der Waals surface area (Å²) in [4.78, 5) is 0. The third-order valence-corrected chi connectivity index (χ3v) is 3.26. The van der Waals surface area contributed by atoms with Crippen molar-refractivity contribution in [2.45, 2.75) is 5.75 Å². The van der Waals surface area contributed by atoms with Crippen molar-refractivity contribution >= 4 is 16.7 Å². The zero-order chi connectivity index (χ0) is 12.1. The van der Waals surface area contributed by atoms with E-state index in [1.54, 1.807) is 12.1 Å². The highest BCUT2D eigenvalue weighted by atomic mass is 32.2. The van der Waals surface area contributed by atoms with Crippen LogP contribution in [-0.4, -0.2) is 4.21 Å². The van der Waals surface area contributed by atoms with Crippen molar-refractivity contribution in [1.29, 1.82) is 0 Å². The van der Waals surface area contributed by atoms with Gasteiger partial charge in [-0.05, 0) is 23.8 Å². The van der Waals surface area contributed by atoms with Gasteiger partial charge in [0, 0.05) is 5.69 Å². The topological polar surface area (TPSA) is 29.1 Å². The van der Waals surface area contributed by atoms with Crippen LogP contribution in [0.1, 0.15) is 5.56 Å². The first kappa shape index (κ1) is 11.8. The largest absolute Gasteiger partial charge is 0.305 e. The van der Waals surface area contributed by atoms with E-state index in [2.05, 4.69) is 4.72 Å². The van der Waals surface area contributed by atoms with E-state index < -0.39 is 11.0 Å². The molecule has 2 rings (SSSR count). The standard InChI is InChI=1S/C13H12FNOS/c14-12-7-4-8-13(9-12)15-17(16)10-11-5-2-1-3-6-11/h1-9,15H,10H2. The molecule has 4 heteroatoms. The van der Waals surface area contributed by atoms with E-state index in [4.69, 9.17) is 0 Å². The molecule has 17 heavy (non-hydrogen) atoms. The van der Waals surface area contributed by atoms with E-state index in [0.717, 1.165) is 5.56 Å². The summed E-state index contributed by atoms with van der Waals surface area (Å²) in [5, 5.41) is 0. The Bertz CT molecular complexity index is 516. The van der Waals surface area contributed by atoms with Gasteiger partial charge in [0.25, 0.3) is 0 Å². The van der Waals surface area contributed by atoms with E-state index in [0.29, 0.717) is 11.4 Å². The number of nitrogens with one attached hydrogen (secondary N) is 1. The monoisotopic (exact) mass is 249 g/mol. The lowest BCUT2D eigenvalue weighted by Gasteiger charge is -2.06. The summed E-state index contributed by atoms with van der Waals surface area (Å²) in [5.74, 6) is 0.0591. The van der Waals surface area contributed by atoms with Crippen molar-refractivity contribution in [2.75, 3.05) is 4.72 Å². The molecule has 0 spiro atoms. The van der Waals surface area contributed by atoms with Crippen LogP contribution in [-0.2, 0) is 16.7 Å². The lowest BCUT2D eigenvalue weighted by molar-refractivity contribution is 0.628. The van der Waals surface area contributed by atoms with Gasteiger partial charge in [0.15, 0.2) is 0 Å². The van der Waals surface area contributed by atoms with Crippen LogP contribution in [0.25, 0.3) is 0 Å². The second-order valence-electron chi connectivity index (χ2n) is 3.59. The fourth-order valence-corrected chi connectivity index (χ4v) is 2.40. The first-order chi connectivity index (χ1) is 8.24. The predicted molar refractivity (Wildman–Crippen MR) is 68.3 cm³/mol. The molecule has 0 aromatic heterocycles. The smallest absolute Gasteiger partial charge is 0.125 e. The Morgan fingerprint density at radius 1 is 1.06 bits per heavy atom. The number of hydrogen-bond acceptors (Lipinski definition) is 1. The Morgan fingerprint density at radius 2 is 1.82 bits per heavy atom. The van der Waals surface area contributed by atoms with Crippen LogP contribution < -0.4 is 4.72 Å². The summed E-state index contributed by atoms with van der Waals surface area (Å²) in [6.07, 6.45) is 0. The van der Waals surface area contributed by atoms with E-state index >= 15 is 0 Å². The number of anilines is 1. The van der Waals surface area contributed by atoms with Gasteiger partial charge in [0.1, 0.15) is 16.8 Å². The molecule has 0 saturated heterocycles. The van der Waals surface area contributed by atoms with Crippen molar-refractivity contribution in [3.05, 3.63) is 66.0 Å². The van der Waals surface area contributed by atoms with E-state index in [9.17, 15) is 8.60 Å². The molecule has 2 aromatic carbocycles. The van der Waals surface area contributed by atoms with Crippen molar-refractivity contribution in [2.24, 2.45) is 0 Å². The molecular formula is C13H12FNOS. The van der Waals surface area contributed by atoms with Crippen LogP contribution in [0.3, 0.4) is 0 Å². The predicted octanol–water partition coefficient (Wildman–Crippen LogP) is 3.10. The van der Waals surface area contributed by atoms with E-state index in [1.807, 2.05) is 30.3 Å². The molecule has 0 aliphatic heterocycles. The van der Waals surface area contributed by atoms with Crippen LogP contribution in [0.5, 0.6) is 0 Å². The molecule has 0 saturated carbocycles. The molecule has 0 aliphatic carbocycles. The highest BCUT2D eigenvalue weighted by molar-refractivity contribution is 7.85. The number of rotatable bonds is 4. The molecule has 2 aromatic rings. The number of halogens is 1. The van der Waals surface area contributed by atoms with Gasteiger partial charge >= 0.3 is 0 Å². The third kappa shape index (κ3) is 3.67. The van der Waals surface area contributed by atoms with Crippen LogP contribution in [0, 0.1) is 5.82 Å². The molecule has 0 bridgehead atoms. The second-order valence-corrected chi connectivity index (χ2v) is 4.77. The minimum atomic E-state index is -1.25. The van der Waals surface area contributed by atoms with Crippen LogP contribution in [0.2, 0.25) is 0 Å². The van der Waals surface area contributed by atoms with Crippen molar-refractivity contribution < 1.29 is 8.60 Å². The second kappa shape index (κ2) is 5.59. The average Bonchev–Trinajstić information content (AvgIpc) is 2.30. The van der Waals surface area contributed by atoms with E-state index in [-0.39, 0.29) is 5.82 Å². The summed E-state index contributed by atoms with van der Waals surface area (Å²) in [6.45, 7) is 0. The molecule has 1 N–H and O–H groups in total. The summed E-state index contributed by atoms with van der Waals surface area (Å²) < 4.78 is 27.4. The Kier molecular flexibility index (Phi) is 3.88. The Balaban J connectivity index is 1.98. The Labute approximate surface area is 102 Å². The first-order valence-corrected chi connectivity index (χ1v) is 6.50. The Morgan fingerprint density at radius 3 is 2.53 bits per heavy atom. The van der Waals surface area contributed by atoms with Gasteiger partial charge in [-0.25, -0.2) is 8.60 Å². The van der Waals surface area contributed by atoms with Crippen molar-refractivity contribution in [3.63, 3.8) is 0 Å². The van der Waals surface area contributed by atoms with Crippen LogP contribution >= 0.6 is 0 Å². The summed E-state index contributed by atoms with van der Waals surface area (Å²) in [5.41, 5.74) is 1.51. The van der Waals surface area contributed by atoms with Gasteiger partial charge in [0.05, 0.1) is 5.75 Å². The van der Waals surface area contributed by atoms with Gasteiger partial charge in [-0.2, -0.15) is 0 Å². The zero-order valence-corrected chi connectivity index (χ0v) is 9.91. The van der Waals surface area contributed by atoms with Gasteiger partial charge in [-0.1, -0.05) is 36.4 Å². The molecule has 88 valence electrons. The van der Waals surface area contributed by atoms with Crippen LogP contribution in [0.15, 0.2) is 54.6 Å². The fraction of sp³-hybridized carbons (Fsp3) is 0.0769. The average molecular weight is 249 g/mol. The van der Waals surface area contributed by atoms with Crippen LogP contribution in [0.4, 0.5) is 10.1 Å². The lowest BCUT2D eigenvalue weighted by atomic mass is 10.2. The fourth-order valence-electron chi connectivity index (χ4n) is 1.45. The van der Waals surface area contributed by atoms with Gasteiger partial charge in [-0.15, -0.1) is 0 Å². The molecule has 0 heterocycles. The van der Waals surface area contributed by atoms with Crippen molar-refractivity contribution in [1.82, 2.24) is 0 Å². The van der Waals surface area contributed by atoms with Gasteiger partial charge in [-0.3, -0.25) is 0 Å². The minimum Gasteiger partial charge on any atom is -0.305 e. The van der Waals surface area contributed by atoms with Gasteiger partial charge in [0.2, 0.25) is 0 Å². The SMILES string of the molecule is O=S(Cc1ccccc1)Nc1cccc(F)c1. The molecule has 0 amide bonds. The highest BCUT2D eigenvalue weighted by Crippen LogP contribution is 2.11. The molecule has 1 unspecified atom stereocenters. The molecule has 0 aliphatic rings. The normalized spacial score (nSPS) is 12.1. The number of benzene rings is 2. The number of hydrogen-bond donors (Lipinski definition) is 1. The zero-order valence-electron chi connectivity index (χ0n) is 9.10. The molecule has 2 nitrogen and oxygen atoms in total. The summed E-state index contributed by atoms with van der Waals surface area (Å²) in [7, 11) is -1.25. The quantitative estimate of drug-likeness (QED) is 0.886. The van der Waals surface area contributed by atoms with Crippen molar-refractivity contribution in [3.8, 4) is 0 Å². The summed E-state index contributed by atoms with van der Waals surface area (Å²) >= 11 is 0.